The number of aromatic nitrogens is 1. The average Bonchev–Trinajstić information content (AvgIpc) is 2.60. The van der Waals surface area contributed by atoms with E-state index in [9.17, 15) is 14.7 Å². The molecule has 0 saturated carbocycles. The van der Waals surface area contributed by atoms with Crippen molar-refractivity contribution in [2.24, 2.45) is 0 Å². The number of anilines is 1. The summed E-state index contributed by atoms with van der Waals surface area (Å²) in [5, 5.41) is 12.0. The quantitative estimate of drug-likeness (QED) is 0.889. The second kappa shape index (κ2) is 5.12. The maximum Gasteiger partial charge on any atom is 0.412 e. The van der Waals surface area contributed by atoms with Gasteiger partial charge in [0.25, 0.3) is 0 Å². The summed E-state index contributed by atoms with van der Waals surface area (Å²) in [6.07, 6.45) is 1.03. The van der Waals surface area contributed by atoms with Gasteiger partial charge in [0.2, 0.25) is 0 Å². The number of amides is 1. The summed E-state index contributed by atoms with van der Waals surface area (Å²) in [6.45, 7) is 6.95. The van der Waals surface area contributed by atoms with E-state index in [-0.39, 0.29) is 5.69 Å². The number of ether oxygens (including phenoxy) is 1. The van der Waals surface area contributed by atoms with Gasteiger partial charge < -0.3 is 14.2 Å². The minimum absolute atomic E-state index is 0.122. The van der Waals surface area contributed by atoms with E-state index in [2.05, 4.69) is 5.32 Å². The summed E-state index contributed by atoms with van der Waals surface area (Å²) in [5.74, 6) is -1.05. The fourth-order valence-electron chi connectivity index (χ4n) is 2.16. The number of nitrogens with one attached hydrogen (secondary N) is 1. The topological polar surface area (TPSA) is 80.0 Å². The first-order valence-electron chi connectivity index (χ1n) is 6.53. The highest BCUT2D eigenvalue weighted by atomic mass is 16.6. The third-order valence-electron chi connectivity index (χ3n) is 2.92. The Morgan fingerprint density at radius 1 is 1.29 bits per heavy atom. The molecule has 0 unspecified atom stereocenters. The zero-order chi connectivity index (χ0) is 15.8. The van der Waals surface area contributed by atoms with Gasteiger partial charge in [0.15, 0.2) is 0 Å². The molecule has 2 heterocycles. The molecule has 6 heteroatoms. The molecule has 2 aromatic heterocycles. The summed E-state index contributed by atoms with van der Waals surface area (Å²) >= 11 is 0. The van der Waals surface area contributed by atoms with Gasteiger partial charge in [-0.3, -0.25) is 5.32 Å². The third-order valence-corrected chi connectivity index (χ3v) is 2.92. The Kier molecular flexibility index (Phi) is 3.63. The molecule has 0 radical (unpaired) electrons. The number of carboxylic acid groups (broad SMARTS) is 1. The molecule has 1 amide bonds. The molecule has 21 heavy (non-hydrogen) atoms. The van der Waals surface area contributed by atoms with Crippen molar-refractivity contribution < 1.29 is 19.4 Å². The van der Waals surface area contributed by atoms with Crippen LogP contribution in [0.25, 0.3) is 5.52 Å². The van der Waals surface area contributed by atoms with Gasteiger partial charge in [0, 0.05) is 11.8 Å². The number of nitrogens with zero attached hydrogens (tertiary/aromatic N) is 1. The van der Waals surface area contributed by atoms with Gasteiger partial charge in [-0.05, 0) is 39.8 Å². The fourth-order valence-corrected chi connectivity index (χ4v) is 2.16. The average molecular weight is 290 g/mol. The molecule has 0 atom stereocenters. The highest BCUT2D eigenvalue weighted by Gasteiger charge is 2.23. The van der Waals surface area contributed by atoms with E-state index in [1.165, 1.54) is 4.40 Å². The minimum atomic E-state index is -1.05. The molecular formula is C15H18N2O4. The smallest absolute Gasteiger partial charge is 0.412 e. The maximum atomic E-state index is 11.9. The van der Waals surface area contributed by atoms with Crippen LogP contribution in [0.1, 0.15) is 36.8 Å². The number of pyridine rings is 1. The lowest BCUT2D eigenvalue weighted by molar-refractivity contribution is 0.0633. The van der Waals surface area contributed by atoms with Crippen LogP contribution in [0.4, 0.5) is 10.5 Å². The van der Waals surface area contributed by atoms with Crippen LogP contribution in [-0.2, 0) is 4.74 Å². The van der Waals surface area contributed by atoms with Gasteiger partial charge in [-0.1, -0.05) is 6.07 Å². The van der Waals surface area contributed by atoms with E-state index >= 15 is 0 Å². The van der Waals surface area contributed by atoms with E-state index in [0.29, 0.717) is 16.8 Å². The normalized spacial score (nSPS) is 11.4. The van der Waals surface area contributed by atoms with Crippen molar-refractivity contribution in [3.8, 4) is 0 Å². The number of fused-ring (bicyclic) bond motifs is 1. The first kappa shape index (κ1) is 14.9. The van der Waals surface area contributed by atoms with Crippen molar-refractivity contribution >= 4 is 23.3 Å². The Labute approximate surface area is 122 Å². The van der Waals surface area contributed by atoms with Crippen LogP contribution in [0.3, 0.4) is 0 Å². The van der Waals surface area contributed by atoms with E-state index in [1.807, 2.05) is 0 Å². The first-order valence-corrected chi connectivity index (χ1v) is 6.53. The van der Waals surface area contributed by atoms with Crippen LogP contribution in [0.15, 0.2) is 24.4 Å². The molecule has 0 saturated heterocycles. The number of aromatic carboxylic acids is 1. The van der Waals surface area contributed by atoms with Crippen LogP contribution >= 0.6 is 0 Å². The Morgan fingerprint density at radius 3 is 2.52 bits per heavy atom. The van der Waals surface area contributed by atoms with Gasteiger partial charge in [-0.15, -0.1) is 0 Å². The Balaban J connectivity index is 2.47. The van der Waals surface area contributed by atoms with Crippen LogP contribution in [0.5, 0.6) is 0 Å². The zero-order valence-electron chi connectivity index (χ0n) is 12.4. The molecule has 6 nitrogen and oxygen atoms in total. The molecule has 0 spiro atoms. The summed E-state index contributed by atoms with van der Waals surface area (Å²) in [6, 6.07) is 5.25. The number of hydrogen-bond donors (Lipinski definition) is 2. The SMILES string of the molecule is Cc1c(NC(=O)OC(C)(C)C)c2ccccn2c1C(=O)O. The summed E-state index contributed by atoms with van der Waals surface area (Å²) in [4.78, 5) is 23.3. The van der Waals surface area contributed by atoms with E-state index in [0.717, 1.165) is 0 Å². The lowest BCUT2D eigenvalue weighted by Crippen LogP contribution is -2.27. The third kappa shape index (κ3) is 2.99. The van der Waals surface area contributed by atoms with Crippen molar-refractivity contribution in [3.63, 3.8) is 0 Å². The second-order valence-electron chi connectivity index (χ2n) is 5.74. The number of carboxylic acids is 1. The highest BCUT2D eigenvalue weighted by Crippen LogP contribution is 2.28. The summed E-state index contributed by atoms with van der Waals surface area (Å²) < 4.78 is 6.74. The number of hydrogen-bond acceptors (Lipinski definition) is 3. The number of carbonyl (C=O) groups excluding carboxylic acids is 1. The predicted molar refractivity (Wildman–Crippen MR) is 79.0 cm³/mol. The van der Waals surface area contributed by atoms with Crippen LogP contribution in [-0.4, -0.2) is 27.2 Å². The number of rotatable bonds is 2. The van der Waals surface area contributed by atoms with Crippen molar-refractivity contribution in [2.45, 2.75) is 33.3 Å². The molecule has 112 valence electrons. The van der Waals surface area contributed by atoms with E-state index < -0.39 is 17.7 Å². The lowest BCUT2D eigenvalue weighted by atomic mass is 10.2. The molecule has 0 aromatic carbocycles. The van der Waals surface area contributed by atoms with Crippen LogP contribution in [0, 0.1) is 6.92 Å². The van der Waals surface area contributed by atoms with Crippen LogP contribution in [0.2, 0.25) is 0 Å². The molecule has 2 N–H and O–H groups in total. The largest absolute Gasteiger partial charge is 0.477 e. The molecule has 2 rings (SSSR count). The van der Waals surface area contributed by atoms with Crippen LogP contribution < -0.4 is 5.32 Å². The highest BCUT2D eigenvalue weighted by molar-refractivity contribution is 5.99. The van der Waals surface area contributed by atoms with Crippen molar-refractivity contribution in [1.82, 2.24) is 4.40 Å². The molecule has 0 fully saturated rings. The predicted octanol–water partition coefficient (Wildman–Crippen LogP) is 3.29. The molecule has 0 aliphatic carbocycles. The Hall–Kier alpha value is -2.50. The van der Waals surface area contributed by atoms with Gasteiger partial charge in [-0.2, -0.15) is 0 Å². The minimum Gasteiger partial charge on any atom is -0.477 e. The van der Waals surface area contributed by atoms with Gasteiger partial charge in [0.1, 0.15) is 11.3 Å². The van der Waals surface area contributed by atoms with Gasteiger partial charge in [0.05, 0.1) is 11.2 Å². The molecule has 0 bridgehead atoms. The fraction of sp³-hybridized carbons (Fsp3) is 0.333. The summed E-state index contributed by atoms with van der Waals surface area (Å²) in [5.41, 5.74) is 1.04. The number of carbonyl (C=O) groups is 2. The zero-order valence-corrected chi connectivity index (χ0v) is 12.4. The standard InChI is InChI=1S/C15H18N2O4/c1-9-11(16-14(20)21-15(2,3)4)10-7-5-6-8-17(10)12(9)13(18)19/h5-8H,1-4H3,(H,16,20)(H,18,19). The second-order valence-corrected chi connectivity index (χ2v) is 5.74. The Morgan fingerprint density at radius 2 is 1.95 bits per heavy atom. The van der Waals surface area contributed by atoms with Crippen molar-refractivity contribution in [1.29, 1.82) is 0 Å². The van der Waals surface area contributed by atoms with E-state index in [4.69, 9.17) is 4.74 Å². The Bertz CT molecular complexity index is 710. The maximum absolute atomic E-state index is 11.9. The molecular weight excluding hydrogens is 272 g/mol. The molecule has 0 aliphatic heterocycles. The first-order chi connectivity index (χ1) is 9.70. The van der Waals surface area contributed by atoms with E-state index in [1.54, 1.807) is 52.1 Å². The monoisotopic (exact) mass is 290 g/mol. The van der Waals surface area contributed by atoms with Crippen molar-refractivity contribution in [2.75, 3.05) is 5.32 Å². The van der Waals surface area contributed by atoms with Crippen molar-refractivity contribution in [3.05, 3.63) is 35.7 Å². The molecule has 0 aliphatic rings. The molecule has 2 aromatic rings. The summed E-state index contributed by atoms with van der Waals surface area (Å²) in [7, 11) is 0. The lowest BCUT2D eigenvalue weighted by Gasteiger charge is -2.19. The van der Waals surface area contributed by atoms with Gasteiger partial charge >= 0.3 is 12.1 Å². The van der Waals surface area contributed by atoms with Gasteiger partial charge in [-0.25, -0.2) is 9.59 Å².